The Labute approximate surface area is 65.3 Å². The van der Waals surface area contributed by atoms with Gasteiger partial charge in [0.25, 0.3) is 0 Å². The first-order chi connectivity index (χ1) is 4.27. The quantitative estimate of drug-likeness (QED) is 0.466. The number of hydrogen-bond donors (Lipinski definition) is 0. The zero-order valence-corrected chi connectivity index (χ0v) is 8.87. The molecule has 0 aromatic rings. The van der Waals surface area contributed by atoms with E-state index in [9.17, 15) is 0 Å². The van der Waals surface area contributed by atoms with Crippen LogP contribution in [0.2, 0.25) is 10.5 Å². The molecule has 0 saturated carbocycles. The van der Waals surface area contributed by atoms with E-state index in [-0.39, 0.29) is 0 Å². The Bertz CT molecular complexity index is 54.9. The maximum absolute atomic E-state index is 2.30. The van der Waals surface area contributed by atoms with E-state index in [0.717, 1.165) is 0 Å². The average Bonchev–Trinajstić information content (AvgIpc) is 1.80. The molecular formula is C7H17GeN. The van der Waals surface area contributed by atoms with Gasteiger partial charge in [-0.2, -0.15) is 0 Å². The summed E-state index contributed by atoms with van der Waals surface area (Å²) in [6.07, 6.45) is 1.42. The first-order valence-electron chi connectivity index (χ1n) is 3.62. The molecule has 54 valence electrons. The van der Waals surface area contributed by atoms with Crippen molar-refractivity contribution in [2.24, 2.45) is 0 Å². The third-order valence-electron chi connectivity index (χ3n) is 1.21. The fourth-order valence-electron chi connectivity index (χ4n) is 0.697. The van der Waals surface area contributed by atoms with Crippen LogP contribution in [0.3, 0.4) is 0 Å². The van der Waals surface area contributed by atoms with Crippen molar-refractivity contribution in [3.05, 3.63) is 0 Å². The summed E-state index contributed by atoms with van der Waals surface area (Å²) >= 11 is 0.457. The summed E-state index contributed by atoms with van der Waals surface area (Å²) in [4.78, 5) is 2.27. The second kappa shape index (κ2) is 6.62. The summed E-state index contributed by atoms with van der Waals surface area (Å²) in [5, 5.41) is 2.99. The van der Waals surface area contributed by atoms with Gasteiger partial charge in [-0.15, -0.1) is 0 Å². The Morgan fingerprint density at radius 3 is 2.44 bits per heavy atom. The molecule has 0 rings (SSSR count). The second-order valence-electron chi connectivity index (χ2n) is 2.51. The van der Waals surface area contributed by atoms with Gasteiger partial charge in [-0.3, -0.25) is 0 Å². The molecule has 0 amide bonds. The van der Waals surface area contributed by atoms with Gasteiger partial charge in [0.2, 0.25) is 0 Å². The zero-order valence-electron chi connectivity index (χ0n) is 6.78. The van der Waals surface area contributed by atoms with E-state index >= 15 is 0 Å². The van der Waals surface area contributed by atoms with Crippen molar-refractivity contribution in [1.82, 2.24) is 4.90 Å². The summed E-state index contributed by atoms with van der Waals surface area (Å²) in [6.45, 7) is 3.58. The van der Waals surface area contributed by atoms with Crippen LogP contribution in [0.1, 0.15) is 13.3 Å². The predicted molar refractivity (Wildman–Crippen MR) is 44.2 cm³/mol. The number of hydrogen-bond acceptors (Lipinski definition) is 1. The molecule has 2 radical (unpaired) electrons. The van der Waals surface area contributed by atoms with Gasteiger partial charge >= 0.3 is 64.8 Å². The fraction of sp³-hybridized carbons (Fsp3) is 1.00. The van der Waals surface area contributed by atoms with Crippen molar-refractivity contribution in [3.8, 4) is 0 Å². The van der Waals surface area contributed by atoms with Crippen molar-refractivity contribution in [1.29, 1.82) is 0 Å². The summed E-state index contributed by atoms with van der Waals surface area (Å²) in [5.74, 6) is 0. The van der Waals surface area contributed by atoms with E-state index in [1.54, 1.807) is 0 Å². The minimum atomic E-state index is 0.457. The topological polar surface area (TPSA) is 3.24 Å². The Kier molecular flexibility index (Phi) is 6.99. The number of rotatable bonds is 5. The van der Waals surface area contributed by atoms with Crippen molar-refractivity contribution >= 4 is 15.4 Å². The monoisotopic (exact) mass is 189 g/mol. The molecule has 0 heterocycles. The van der Waals surface area contributed by atoms with Gasteiger partial charge in [0.1, 0.15) is 0 Å². The fourth-order valence-corrected chi connectivity index (χ4v) is 2.30. The van der Waals surface area contributed by atoms with Crippen LogP contribution in [0.25, 0.3) is 0 Å². The van der Waals surface area contributed by atoms with Crippen LogP contribution in [0.5, 0.6) is 0 Å². The summed E-state index contributed by atoms with van der Waals surface area (Å²) in [6, 6.07) is 0. The average molecular weight is 188 g/mol. The van der Waals surface area contributed by atoms with E-state index in [0.29, 0.717) is 15.4 Å². The third-order valence-corrected chi connectivity index (χ3v) is 3.74. The Balaban J connectivity index is 2.75. The number of nitrogens with zero attached hydrogens (tertiary/aromatic N) is 1. The Morgan fingerprint density at radius 1 is 1.33 bits per heavy atom. The molecule has 0 bridgehead atoms. The van der Waals surface area contributed by atoms with Crippen molar-refractivity contribution in [2.45, 2.75) is 23.9 Å². The molecule has 0 aliphatic heterocycles. The first-order valence-corrected chi connectivity index (χ1v) is 6.59. The van der Waals surface area contributed by atoms with Crippen LogP contribution in [0.15, 0.2) is 0 Å². The SMILES string of the molecule is C[CH2][Ge][CH2]CCN(C)C. The molecule has 0 aliphatic carbocycles. The molecule has 0 N–H and O–H groups in total. The molecule has 0 spiro atoms. The van der Waals surface area contributed by atoms with E-state index in [4.69, 9.17) is 0 Å². The van der Waals surface area contributed by atoms with Crippen LogP contribution >= 0.6 is 0 Å². The summed E-state index contributed by atoms with van der Waals surface area (Å²) < 4.78 is 0. The van der Waals surface area contributed by atoms with Crippen LogP contribution in [-0.4, -0.2) is 41.0 Å². The summed E-state index contributed by atoms with van der Waals surface area (Å²) in [7, 11) is 4.29. The van der Waals surface area contributed by atoms with Gasteiger partial charge in [0, 0.05) is 0 Å². The van der Waals surface area contributed by atoms with Crippen molar-refractivity contribution in [2.75, 3.05) is 20.6 Å². The van der Waals surface area contributed by atoms with Crippen LogP contribution in [0, 0.1) is 0 Å². The molecule has 0 aromatic heterocycles. The van der Waals surface area contributed by atoms with Crippen molar-refractivity contribution in [3.63, 3.8) is 0 Å². The van der Waals surface area contributed by atoms with E-state index in [1.807, 2.05) is 0 Å². The van der Waals surface area contributed by atoms with Gasteiger partial charge in [-0.1, -0.05) is 0 Å². The predicted octanol–water partition coefficient (Wildman–Crippen LogP) is 1.50. The third kappa shape index (κ3) is 8.50. The van der Waals surface area contributed by atoms with Gasteiger partial charge in [0.05, 0.1) is 0 Å². The molecule has 9 heavy (non-hydrogen) atoms. The molecule has 0 unspecified atom stereocenters. The second-order valence-corrected chi connectivity index (χ2v) is 6.09. The van der Waals surface area contributed by atoms with Crippen LogP contribution < -0.4 is 0 Å². The molecule has 0 aliphatic rings. The standard InChI is InChI=1S/C7H17GeN/c1-4-8-6-5-7-9(2)3/h4-7H2,1-3H3. The minimum absolute atomic E-state index is 0.457. The molecule has 0 fully saturated rings. The summed E-state index contributed by atoms with van der Waals surface area (Å²) in [5.41, 5.74) is 0. The molecule has 0 saturated heterocycles. The van der Waals surface area contributed by atoms with Gasteiger partial charge < -0.3 is 0 Å². The Hall–Kier alpha value is 0.503. The van der Waals surface area contributed by atoms with E-state index in [2.05, 4.69) is 25.9 Å². The van der Waals surface area contributed by atoms with Gasteiger partial charge in [-0.05, 0) is 0 Å². The van der Waals surface area contributed by atoms with Gasteiger partial charge in [0.15, 0.2) is 0 Å². The zero-order chi connectivity index (χ0) is 7.11. The maximum atomic E-state index is 2.30. The van der Waals surface area contributed by atoms with E-state index < -0.39 is 0 Å². The molecule has 0 aromatic carbocycles. The molecule has 0 atom stereocenters. The van der Waals surface area contributed by atoms with Gasteiger partial charge in [-0.25, -0.2) is 0 Å². The van der Waals surface area contributed by atoms with Crippen LogP contribution in [0.4, 0.5) is 0 Å². The normalized spacial score (nSPS) is 10.7. The Morgan fingerprint density at radius 2 is 2.00 bits per heavy atom. The van der Waals surface area contributed by atoms with E-state index in [1.165, 1.54) is 23.5 Å². The first kappa shape index (κ1) is 9.50. The van der Waals surface area contributed by atoms with Crippen molar-refractivity contribution < 1.29 is 0 Å². The molecule has 1 nitrogen and oxygen atoms in total. The van der Waals surface area contributed by atoms with Crippen LogP contribution in [-0.2, 0) is 0 Å². The molecule has 2 heteroatoms. The molecular weight excluding hydrogens is 171 g/mol.